The molecule has 0 aromatic carbocycles. The molecule has 16 heavy (non-hydrogen) atoms. The van der Waals surface area contributed by atoms with Crippen molar-refractivity contribution in [2.24, 2.45) is 0 Å². The Bertz CT molecular complexity index is 388. The highest BCUT2D eigenvalue weighted by atomic mass is 16.2. The van der Waals surface area contributed by atoms with Crippen molar-refractivity contribution in [2.75, 3.05) is 19.8 Å². The fourth-order valence-corrected chi connectivity index (χ4v) is 1.73. The molecule has 6 heteroatoms. The van der Waals surface area contributed by atoms with Crippen LogP contribution in [0.2, 0.25) is 0 Å². The molecular weight excluding hydrogens is 208 g/mol. The van der Waals surface area contributed by atoms with Crippen LogP contribution >= 0.6 is 0 Å². The fraction of sp³-hybridized carbons (Fsp3) is 0.500. The summed E-state index contributed by atoms with van der Waals surface area (Å²) in [6.07, 6.45) is 3.53. The Morgan fingerprint density at radius 1 is 1.44 bits per heavy atom. The van der Waals surface area contributed by atoms with Gasteiger partial charge in [0.25, 0.3) is 5.91 Å². The van der Waals surface area contributed by atoms with Gasteiger partial charge >= 0.3 is 0 Å². The third-order valence-corrected chi connectivity index (χ3v) is 2.67. The molecule has 0 atom stereocenters. The van der Waals surface area contributed by atoms with Gasteiger partial charge in [0.15, 0.2) is 0 Å². The summed E-state index contributed by atoms with van der Waals surface area (Å²) in [6.45, 7) is 3.42. The molecule has 0 unspecified atom stereocenters. The number of hydrogen-bond donors (Lipinski definition) is 1. The summed E-state index contributed by atoms with van der Waals surface area (Å²) in [5.41, 5.74) is 0.533. The molecule has 2 amide bonds. The van der Waals surface area contributed by atoms with Gasteiger partial charge in [-0.15, -0.1) is 0 Å². The number of rotatable bonds is 2. The number of aromatic nitrogens is 2. The molecule has 2 heterocycles. The Kier molecular flexibility index (Phi) is 2.89. The Labute approximate surface area is 93.2 Å². The van der Waals surface area contributed by atoms with Crippen molar-refractivity contribution in [3.8, 4) is 0 Å². The van der Waals surface area contributed by atoms with Crippen molar-refractivity contribution in [1.29, 1.82) is 0 Å². The molecule has 0 bridgehead atoms. The second-order valence-electron chi connectivity index (χ2n) is 3.71. The maximum atomic E-state index is 11.9. The van der Waals surface area contributed by atoms with Gasteiger partial charge in [0.1, 0.15) is 0 Å². The highest BCUT2D eigenvalue weighted by molar-refractivity contribution is 5.94. The van der Waals surface area contributed by atoms with Crippen LogP contribution in [0.25, 0.3) is 0 Å². The van der Waals surface area contributed by atoms with Crippen molar-refractivity contribution in [1.82, 2.24) is 20.0 Å². The zero-order chi connectivity index (χ0) is 11.5. The smallest absolute Gasteiger partial charge is 0.258 e. The molecule has 2 rings (SSSR count). The number of carbonyl (C=O) groups is 2. The molecule has 1 aliphatic rings. The summed E-state index contributed by atoms with van der Waals surface area (Å²) in [6, 6.07) is 0. The second-order valence-corrected chi connectivity index (χ2v) is 3.71. The lowest BCUT2D eigenvalue weighted by Crippen LogP contribution is -2.33. The third kappa shape index (κ3) is 1.91. The fourth-order valence-electron chi connectivity index (χ4n) is 1.73. The van der Waals surface area contributed by atoms with Gasteiger partial charge in [-0.3, -0.25) is 14.7 Å². The zero-order valence-electron chi connectivity index (χ0n) is 9.14. The molecule has 1 aromatic rings. The van der Waals surface area contributed by atoms with Crippen molar-refractivity contribution >= 4 is 11.8 Å². The number of nitrogens with zero attached hydrogens (tertiary/aromatic N) is 3. The second kappa shape index (κ2) is 4.34. The average molecular weight is 222 g/mol. The lowest BCUT2D eigenvalue weighted by Gasteiger charge is -2.17. The van der Waals surface area contributed by atoms with E-state index < -0.39 is 0 Å². The van der Waals surface area contributed by atoms with Crippen LogP contribution in [0.15, 0.2) is 12.4 Å². The lowest BCUT2D eigenvalue weighted by molar-refractivity contribution is -0.130. The summed E-state index contributed by atoms with van der Waals surface area (Å²) in [5, 5.41) is 6.33. The molecule has 1 N–H and O–H groups in total. The minimum absolute atomic E-state index is 0.0832. The van der Waals surface area contributed by atoms with Gasteiger partial charge in [0.2, 0.25) is 5.91 Å². The molecule has 0 saturated carbocycles. The molecule has 0 aliphatic carbocycles. The zero-order valence-corrected chi connectivity index (χ0v) is 9.14. The maximum absolute atomic E-state index is 11.9. The number of amides is 2. The molecule has 1 saturated heterocycles. The molecule has 0 radical (unpaired) electrons. The monoisotopic (exact) mass is 222 g/mol. The van der Waals surface area contributed by atoms with Crippen LogP contribution in [-0.4, -0.2) is 51.6 Å². The molecule has 1 fully saturated rings. The van der Waals surface area contributed by atoms with E-state index in [9.17, 15) is 9.59 Å². The van der Waals surface area contributed by atoms with Crippen LogP contribution in [-0.2, 0) is 4.79 Å². The molecule has 1 aliphatic heterocycles. The van der Waals surface area contributed by atoms with E-state index in [2.05, 4.69) is 10.2 Å². The molecular formula is C10H14N4O2. The van der Waals surface area contributed by atoms with E-state index in [1.54, 1.807) is 16.0 Å². The van der Waals surface area contributed by atoms with Crippen molar-refractivity contribution in [3.63, 3.8) is 0 Å². The van der Waals surface area contributed by atoms with Gasteiger partial charge < -0.3 is 9.80 Å². The van der Waals surface area contributed by atoms with E-state index in [4.69, 9.17) is 0 Å². The van der Waals surface area contributed by atoms with E-state index in [0.29, 0.717) is 31.7 Å². The quantitative estimate of drug-likeness (QED) is 0.769. The Balaban J connectivity index is 1.99. The average Bonchev–Trinajstić information content (AvgIpc) is 2.97. The van der Waals surface area contributed by atoms with Gasteiger partial charge in [0.05, 0.1) is 18.4 Å². The molecule has 6 nitrogen and oxygen atoms in total. The highest BCUT2D eigenvalue weighted by Crippen LogP contribution is 2.10. The first-order chi connectivity index (χ1) is 7.72. The van der Waals surface area contributed by atoms with Gasteiger partial charge in [-0.25, -0.2) is 0 Å². The normalized spacial score (nSPS) is 15.6. The Hall–Kier alpha value is -1.85. The van der Waals surface area contributed by atoms with E-state index >= 15 is 0 Å². The van der Waals surface area contributed by atoms with E-state index in [1.165, 1.54) is 6.20 Å². The molecule has 86 valence electrons. The van der Waals surface area contributed by atoms with Crippen LogP contribution in [0, 0.1) is 0 Å². The van der Waals surface area contributed by atoms with E-state index in [-0.39, 0.29) is 11.8 Å². The van der Waals surface area contributed by atoms with Crippen molar-refractivity contribution in [2.45, 2.75) is 13.3 Å². The van der Waals surface area contributed by atoms with Crippen molar-refractivity contribution < 1.29 is 9.59 Å². The van der Waals surface area contributed by atoms with Gasteiger partial charge in [-0.1, -0.05) is 6.92 Å². The summed E-state index contributed by atoms with van der Waals surface area (Å²) in [7, 11) is 0. The first-order valence-corrected chi connectivity index (χ1v) is 5.28. The minimum atomic E-state index is -0.0832. The number of nitrogens with one attached hydrogen (secondary N) is 1. The van der Waals surface area contributed by atoms with Crippen LogP contribution in [0.1, 0.15) is 23.7 Å². The maximum Gasteiger partial charge on any atom is 0.258 e. The predicted octanol–water partition coefficient (Wildman–Crippen LogP) is 0.0616. The lowest BCUT2D eigenvalue weighted by atomic mass is 10.3. The Morgan fingerprint density at radius 2 is 2.19 bits per heavy atom. The van der Waals surface area contributed by atoms with Crippen molar-refractivity contribution in [3.05, 3.63) is 18.0 Å². The van der Waals surface area contributed by atoms with Gasteiger partial charge in [0, 0.05) is 25.7 Å². The van der Waals surface area contributed by atoms with Crippen LogP contribution in [0.5, 0.6) is 0 Å². The largest absolute Gasteiger partial charge is 0.323 e. The summed E-state index contributed by atoms with van der Waals surface area (Å²) < 4.78 is 0. The van der Waals surface area contributed by atoms with Crippen LogP contribution < -0.4 is 0 Å². The standard InChI is InChI=1S/C10H14N4O2/c1-2-9(15)13-3-4-14(7-13)10(16)8-5-11-12-6-8/h5-6H,2-4,7H2,1H3,(H,11,12). The summed E-state index contributed by atoms with van der Waals surface area (Å²) in [5.74, 6) is 0.00245. The number of H-pyrrole nitrogens is 1. The van der Waals surface area contributed by atoms with Crippen LogP contribution in [0.3, 0.4) is 0 Å². The third-order valence-electron chi connectivity index (χ3n) is 2.67. The summed E-state index contributed by atoms with van der Waals surface area (Å²) in [4.78, 5) is 26.7. The molecule has 0 spiro atoms. The topological polar surface area (TPSA) is 69.3 Å². The van der Waals surface area contributed by atoms with E-state index in [0.717, 1.165) is 0 Å². The SMILES string of the molecule is CCC(=O)N1CCN(C(=O)c2cn[nH]c2)C1. The Morgan fingerprint density at radius 3 is 2.81 bits per heavy atom. The summed E-state index contributed by atoms with van der Waals surface area (Å²) >= 11 is 0. The van der Waals surface area contributed by atoms with E-state index in [1.807, 2.05) is 6.92 Å². The van der Waals surface area contributed by atoms with Crippen LogP contribution in [0.4, 0.5) is 0 Å². The molecule has 1 aromatic heterocycles. The number of hydrogen-bond acceptors (Lipinski definition) is 3. The minimum Gasteiger partial charge on any atom is -0.323 e. The van der Waals surface area contributed by atoms with Gasteiger partial charge in [-0.2, -0.15) is 5.10 Å². The first-order valence-electron chi connectivity index (χ1n) is 5.28. The number of carbonyl (C=O) groups excluding carboxylic acids is 2. The predicted molar refractivity (Wildman–Crippen MR) is 56.5 cm³/mol. The van der Waals surface area contributed by atoms with Gasteiger partial charge in [-0.05, 0) is 0 Å². The first kappa shape index (κ1) is 10.7. The highest BCUT2D eigenvalue weighted by Gasteiger charge is 2.27. The number of aromatic amines is 1.